The van der Waals surface area contributed by atoms with E-state index < -0.39 is 12.1 Å². The Bertz CT molecular complexity index is 926. The van der Waals surface area contributed by atoms with Crippen LogP contribution in [0.25, 0.3) is 0 Å². The summed E-state index contributed by atoms with van der Waals surface area (Å²) >= 11 is 0. The Morgan fingerprint density at radius 2 is 1.73 bits per heavy atom. The number of carbonyl (C=O) groups excluding carboxylic acids is 2. The second-order valence-electron chi connectivity index (χ2n) is 6.60. The summed E-state index contributed by atoms with van der Waals surface area (Å²) in [6.07, 6.45) is 0. The lowest BCUT2D eigenvalue weighted by atomic mass is 10.1. The van der Waals surface area contributed by atoms with Gasteiger partial charge in [-0.1, -0.05) is 23.4 Å². The zero-order valence-electron chi connectivity index (χ0n) is 14.4. The van der Waals surface area contributed by atoms with Crippen molar-refractivity contribution in [1.82, 2.24) is 5.01 Å². The molecular formula is C19H17FN4O2. The van der Waals surface area contributed by atoms with Gasteiger partial charge in [-0.05, 0) is 54.8 Å². The Morgan fingerprint density at radius 1 is 1.00 bits per heavy atom. The highest BCUT2D eigenvalue weighted by atomic mass is 19.1. The van der Waals surface area contributed by atoms with Crippen molar-refractivity contribution in [1.29, 1.82) is 0 Å². The van der Waals surface area contributed by atoms with Gasteiger partial charge >= 0.3 is 0 Å². The predicted molar refractivity (Wildman–Crippen MR) is 92.8 cm³/mol. The number of benzene rings is 2. The first-order valence-electron chi connectivity index (χ1n) is 8.32. The molecule has 2 aliphatic rings. The summed E-state index contributed by atoms with van der Waals surface area (Å²) in [4.78, 5) is 26.8. The minimum absolute atomic E-state index is 0.282. The molecule has 0 bridgehead atoms. The van der Waals surface area contributed by atoms with E-state index in [4.69, 9.17) is 0 Å². The van der Waals surface area contributed by atoms with Crippen LogP contribution in [0.4, 0.5) is 10.1 Å². The quantitative estimate of drug-likeness (QED) is 0.798. The monoisotopic (exact) mass is 352 g/mol. The van der Waals surface area contributed by atoms with Crippen LogP contribution in [0, 0.1) is 19.7 Å². The second kappa shape index (κ2) is 6.01. The van der Waals surface area contributed by atoms with Gasteiger partial charge in [0.2, 0.25) is 0 Å². The molecule has 2 aliphatic heterocycles. The maximum Gasteiger partial charge on any atom is 0.263 e. The Balaban J connectivity index is 1.60. The average Bonchev–Trinajstić information content (AvgIpc) is 3.13. The lowest BCUT2D eigenvalue weighted by molar-refractivity contribution is -0.123. The van der Waals surface area contributed by atoms with E-state index in [-0.39, 0.29) is 24.2 Å². The molecule has 2 amide bonds. The molecule has 4 rings (SSSR count). The van der Waals surface area contributed by atoms with Gasteiger partial charge in [-0.2, -0.15) is 5.11 Å². The largest absolute Gasteiger partial charge is 0.271 e. The maximum atomic E-state index is 13.1. The second-order valence-corrected chi connectivity index (χ2v) is 6.60. The van der Waals surface area contributed by atoms with Gasteiger partial charge in [0.05, 0.1) is 12.2 Å². The number of anilines is 1. The van der Waals surface area contributed by atoms with Crippen molar-refractivity contribution in [3.8, 4) is 0 Å². The summed E-state index contributed by atoms with van der Waals surface area (Å²) in [5.41, 5.74) is 3.43. The lowest BCUT2D eigenvalue weighted by Crippen LogP contribution is -2.39. The van der Waals surface area contributed by atoms with Crippen molar-refractivity contribution in [2.75, 3.05) is 4.90 Å². The third-order valence-electron chi connectivity index (χ3n) is 4.86. The van der Waals surface area contributed by atoms with Crippen LogP contribution in [0.5, 0.6) is 0 Å². The number of imide groups is 1. The van der Waals surface area contributed by atoms with Crippen LogP contribution < -0.4 is 4.90 Å². The van der Waals surface area contributed by atoms with Gasteiger partial charge in [-0.3, -0.25) is 14.6 Å². The van der Waals surface area contributed by atoms with E-state index in [0.717, 1.165) is 16.7 Å². The van der Waals surface area contributed by atoms with Crippen molar-refractivity contribution in [3.63, 3.8) is 0 Å². The van der Waals surface area contributed by atoms with Crippen LogP contribution in [-0.2, 0) is 16.1 Å². The summed E-state index contributed by atoms with van der Waals surface area (Å²) in [7, 11) is 0. The molecule has 0 aliphatic carbocycles. The highest BCUT2D eigenvalue weighted by molar-refractivity contribution is 6.25. The van der Waals surface area contributed by atoms with E-state index in [0.29, 0.717) is 5.69 Å². The zero-order chi connectivity index (χ0) is 18.4. The number of hydrogen-bond acceptors (Lipinski definition) is 5. The van der Waals surface area contributed by atoms with E-state index >= 15 is 0 Å². The van der Waals surface area contributed by atoms with Gasteiger partial charge in [-0.25, -0.2) is 9.29 Å². The Labute approximate surface area is 149 Å². The van der Waals surface area contributed by atoms with Crippen molar-refractivity contribution in [3.05, 3.63) is 65.0 Å². The molecule has 1 saturated heterocycles. The maximum absolute atomic E-state index is 13.1. The number of carbonyl (C=O) groups is 2. The Morgan fingerprint density at radius 3 is 2.42 bits per heavy atom. The Kier molecular flexibility index (Phi) is 3.79. The standard InChI is InChI=1S/C19H17FN4O2/c1-11-3-8-15(9-12(11)2)24-18(25)16-17(19(24)26)23(22-21-16)10-13-4-6-14(20)7-5-13/h3-9,16-17H,10H2,1-2H3/t16-,17-/m0/s1. The number of rotatable bonds is 3. The molecule has 26 heavy (non-hydrogen) atoms. The van der Waals surface area contributed by atoms with E-state index in [1.807, 2.05) is 26.0 Å². The number of halogens is 1. The molecule has 1 fully saturated rings. The first-order chi connectivity index (χ1) is 12.5. The predicted octanol–water partition coefficient (Wildman–Crippen LogP) is 2.94. The lowest BCUT2D eigenvalue weighted by Gasteiger charge is -2.21. The summed E-state index contributed by atoms with van der Waals surface area (Å²) in [6.45, 7) is 4.19. The van der Waals surface area contributed by atoms with E-state index in [9.17, 15) is 14.0 Å². The van der Waals surface area contributed by atoms with E-state index in [2.05, 4.69) is 10.3 Å². The fraction of sp³-hybridized carbons (Fsp3) is 0.263. The van der Waals surface area contributed by atoms with E-state index in [1.165, 1.54) is 22.0 Å². The van der Waals surface area contributed by atoms with Crippen molar-refractivity contribution < 1.29 is 14.0 Å². The number of fused-ring (bicyclic) bond motifs is 1. The van der Waals surface area contributed by atoms with Crippen LogP contribution in [0.3, 0.4) is 0 Å². The third kappa shape index (κ3) is 2.56. The van der Waals surface area contributed by atoms with Gasteiger partial charge in [0.1, 0.15) is 5.82 Å². The first kappa shape index (κ1) is 16.4. The molecule has 0 aromatic heterocycles. The highest BCUT2D eigenvalue weighted by Crippen LogP contribution is 2.33. The summed E-state index contributed by atoms with van der Waals surface area (Å²) in [6, 6.07) is 9.84. The summed E-state index contributed by atoms with van der Waals surface area (Å²) in [5.74, 6) is -1.04. The van der Waals surface area contributed by atoms with Crippen molar-refractivity contribution in [2.24, 2.45) is 10.3 Å². The fourth-order valence-corrected chi connectivity index (χ4v) is 3.25. The first-order valence-corrected chi connectivity index (χ1v) is 8.32. The van der Waals surface area contributed by atoms with Gasteiger partial charge < -0.3 is 0 Å². The molecule has 6 nitrogen and oxygen atoms in total. The minimum atomic E-state index is -0.829. The van der Waals surface area contributed by atoms with Crippen LogP contribution in [0.2, 0.25) is 0 Å². The molecule has 0 saturated carbocycles. The van der Waals surface area contributed by atoms with Gasteiger partial charge in [0, 0.05) is 0 Å². The van der Waals surface area contributed by atoms with Crippen LogP contribution in [-0.4, -0.2) is 28.9 Å². The van der Waals surface area contributed by atoms with Crippen molar-refractivity contribution in [2.45, 2.75) is 32.5 Å². The molecule has 132 valence electrons. The third-order valence-corrected chi connectivity index (χ3v) is 4.86. The molecule has 2 atom stereocenters. The van der Waals surface area contributed by atoms with Gasteiger partial charge in [0.15, 0.2) is 12.1 Å². The van der Waals surface area contributed by atoms with Crippen LogP contribution in [0.15, 0.2) is 52.8 Å². The van der Waals surface area contributed by atoms with Crippen LogP contribution >= 0.6 is 0 Å². The molecule has 2 heterocycles. The molecule has 0 N–H and O–H groups in total. The topological polar surface area (TPSA) is 65.3 Å². The smallest absolute Gasteiger partial charge is 0.263 e. The molecule has 2 aromatic carbocycles. The van der Waals surface area contributed by atoms with E-state index in [1.54, 1.807) is 18.2 Å². The number of nitrogens with zero attached hydrogens (tertiary/aromatic N) is 4. The molecule has 0 radical (unpaired) electrons. The molecule has 7 heteroatoms. The zero-order valence-corrected chi connectivity index (χ0v) is 14.4. The normalized spacial score (nSPS) is 21.7. The van der Waals surface area contributed by atoms with Gasteiger partial charge in [0.25, 0.3) is 11.8 Å². The van der Waals surface area contributed by atoms with Crippen molar-refractivity contribution >= 4 is 17.5 Å². The number of hydrogen-bond donors (Lipinski definition) is 0. The molecule has 0 spiro atoms. The fourth-order valence-electron chi connectivity index (χ4n) is 3.25. The molecular weight excluding hydrogens is 335 g/mol. The number of aryl methyl sites for hydroxylation is 2. The van der Waals surface area contributed by atoms with Gasteiger partial charge in [-0.15, -0.1) is 0 Å². The summed E-state index contributed by atoms with van der Waals surface area (Å²) in [5, 5.41) is 9.50. The van der Waals surface area contributed by atoms with Crippen LogP contribution in [0.1, 0.15) is 16.7 Å². The minimum Gasteiger partial charge on any atom is -0.271 e. The molecule has 2 aromatic rings. The molecule has 0 unspecified atom stereocenters. The SMILES string of the molecule is Cc1ccc(N2C(=O)[C@H]3N=NN(Cc4ccc(F)cc4)[C@@H]3C2=O)cc1C. The Hall–Kier alpha value is -3.09. The summed E-state index contributed by atoms with van der Waals surface area (Å²) < 4.78 is 13.1. The number of amides is 2. The highest BCUT2D eigenvalue weighted by Gasteiger charge is 2.54. The average molecular weight is 352 g/mol.